The number of carboxylic acids is 1. The van der Waals surface area contributed by atoms with E-state index in [2.05, 4.69) is 36.5 Å². The van der Waals surface area contributed by atoms with Crippen molar-refractivity contribution >= 4 is 17.7 Å². The molecule has 0 spiro atoms. The standard InChI is InChI=1S/C16H23NO2S/c1-2-10-17-16(15(18)19)9-8-14(11-16)20-12-13-6-4-3-5-7-13/h3-7,14,17H,2,8-12H2,1H3,(H,18,19). The van der Waals surface area contributed by atoms with E-state index in [1.165, 1.54) is 5.56 Å². The number of thioether (sulfide) groups is 1. The maximum Gasteiger partial charge on any atom is 0.323 e. The third-order valence-corrected chi connectivity index (χ3v) is 5.29. The topological polar surface area (TPSA) is 49.3 Å². The van der Waals surface area contributed by atoms with Gasteiger partial charge in [0.2, 0.25) is 0 Å². The summed E-state index contributed by atoms with van der Waals surface area (Å²) in [5, 5.41) is 13.2. The first kappa shape index (κ1) is 15.4. The van der Waals surface area contributed by atoms with Gasteiger partial charge in [-0.1, -0.05) is 37.3 Å². The summed E-state index contributed by atoms with van der Waals surface area (Å²) in [6.07, 6.45) is 3.44. The van der Waals surface area contributed by atoms with Crippen LogP contribution in [-0.2, 0) is 10.5 Å². The van der Waals surface area contributed by atoms with Gasteiger partial charge in [-0.05, 0) is 37.8 Å². The second-order valence-corrected chi connectivity index (χ2v) is 6.76. The van der Waals surface area contributed by atoms with E-state index in [0.717, 1.165) is 38.0 Å². The number of hydrogen-bond acceptors (Lipinski definition) is 3. The van der Waals surface area contributed by atoms with Gasteiger partial charge in [-0.15, -0.1) is 0 Å². The fourth-order valence-corrected chi connectivity index (χ4v) is 4.03. The average Bonchev–Trinajstić information content (AvgIpc) is 2.89. The highest BCUT2D eigenvalue weighted by Crippen LogP contribution is 2.38. The van der Waals surface area contributed by atoms with Crippen LogP contribution in [0.3, 0.4) is 0 Å². The smallest absolute Gasteiger partial charge is 0.323 e. The van der Waals surface area contributed by atoms with Gasteiger partial charge in [-0.25, -0.2) is 0 Å². The number of benzene rings is 1. The molecule has 1 fully saturated rings. The Balaban J connectivity index is 1.88. The van der Waals surface area contributed by atoms with Crippen LogP contribution in [0.15, 0.2) is 30.3 Å². The van der Waals surface area contributed by atoms with E-state index in [9.17, 15) is 9.90 Å². The number of carboxylic acid groups (broad SMARTS) is 1. The summed E-state index contributed by atoms with van der Waals surface area (Å²) in [7, 11) is 0. The van der Waals surface area contributed by atoms with Gasteiger partial charge in [0.25, 0.3) is 0 Å². The zero-order valence-corrected chi connectivity index (χ0v) is 12.8. The van der Waals surface area contributed by atoms with Crippen molar-refractivity contribution < 1.29 is 9.90 Å². The Hall–Kier alpha value is -1.00. The van der Waals surface area contributed by atoms with Gasteiger partial charge >= 0.3 is 5.97 Å². The Kier molecular flexibility index (Phi) is 5.49. The van der Waals surface area contributed by atoms with Gasteiger partial charge in [0, 0.05) is 11.0 Å². The molecule has 0 amide bonds. The quantitative estimate of drug-likeness (QED) is 0.810. The Bertz CT molecular complexity index is 437. The van der Waals surface area contributed by atoms with Gasteiger partial charge in [-0.3, -0.25) is 4.79 Å². The number of nitrogens with one attached hydrogen (secondary N) is 1. The van der Waals surface area contributed by atoms with Gasteiger partial charge in [0.15, 0.2) is 0 Å². The largest absolute Gasteiger partial charge is 0.480 e. The highest BCUT2D eigenvalue weighted by molar-refractivity contribution is 7.99. The molecule has 1 aliphatic carbocycles. The van der Waals surface area contributed by atoms with Crippen LogP contribution in [0, 0.1) is 0 Å². The normalized spacial score (nSPS) is 25.8. The SMILES string of the molecule is CCCNC1(C(=O)O)CCC(SCc2ccccc2)C1. The molecule has 0 aliphatic heterocycles. The Morgan fingerprint density at radius 1 is 1.45 bits per heavy atom. The van der Waals surface area contributed by atoms with Crippen LogP contribution in [-0.4, -0.2) is 28.4 Å². The third kappa shape index (κ3) is 3.76. The van der Waals surface area contributed by atoms with Crippen molar-refractivity contribution in [2.75, 3.05) is 6.54 Å². The first-order valence-corrected chi connectivity index (χ1v) is 8.35. The Labute approximate surface area is 125 Å². The predicted octanol–water partition coefficient (Wildman–Crippen LogP) is 3.30. The second kappa shape index (κ2) is 7.14. The summed E-state index contributed by atoms with van der Waals surface area (Å²) < 4.78 is 0. The molecule has 3 nitrogen and oxygen atoms in total. The lowest BCUT2D eigenvalue weighted by atomic mass is 9.98. The van der Waals surface area contributed by atoms with Crippen LogP contribution in [0.2, 0.25) is 0 Å². The second-order valence-electron chi connectivity index (χ2n) is 5.48. The van der Waals surface area contributed by atoms with Crippen LogP contribution in [0.1, 0.15) is 38.2 Å². The highest BCUT2D eigenvalue weighted by Gasteiger charge is 2.44. The maximum atomic E-state index is 11.6. The van der Waals surface area contributed by atoms with E-state index < -0.39 is 11.5 Å². The lowest BCUT2D eigenvalue weighted by Gasteiger charge is -2.25. The minimum Gasteiger partial charge on any atom is -0.480 e. The molecule has 1 aromatic rings. The van der Waals surface area contributed by atoms with Crippen molar-refractivity contribution in [3.63, 3.8) is 0 Å². The van der Waals surface area contributed by atoms with Crippen molar-refractivity contribution in [3.05, 3.63) is 35.9 Å². The van der Waals surface area contributed by atoms with Crippen molar-refractivity contribution in [2.45, 2.75) is 49.1 Å². The molecule has 0 radical (unpaired) electrons. The van der Waals surface area contributed by atoms with Crippen molar-refractivity contribution in [2.24, 2.45) is 0 Å². The number of carbonyl (C=O) groups is 1. The van der Waals surface area contributed by atoms with E-state index in [1.807, 2.05) is 17.8 Å². The zero-order chi connectivity index (χ0) is 14.4. The first-order chi connectivity index (χ1) is 9.66. The van der Waals surface area contributed by atoms with Crippen molar-refractivity contribution in [1.82, 2.24) is 5.32 Å². The summed E-state index contributed by atoms with van der Waals surface area (Å²) >= 11 is 1.89. The number of aliphatic carboxylic acids is 1. The Morgan fingerprint density at radius 2 is 2.20 bits per heavy atom. The molecule has 0 aromatic heterocycles. The van der Waals surface area contributed by atoms with Gasteiger partial charge < -0.3 is 10.4 Å². The lowest BCUT2D eigenvalue weighted by molar-refractivity contribution is -0.144. The zero-order valence-electron chi connectivity index (χ0n) is 12.0. The average molecular weight is 293 g/mol. The molecular weight excluding hydrogens is 270 g/mol. The Morgan fingerprint density at radius 3 is 2.85 bits per heavy atom. The molecule has 0 heterocycles. The molecule has 4 heteroatoms. The fourth-order valence-electron chi connectivity index (χ4n) is 2.73. The summed E-state index contributed by atoms with van der Waals surface area (Å²) in [5.74, 6) is 0.281. The van der Waals surface area contributed by atoms with Crippen LogP contribution < -0.4 is 5.32 Å². The molecule has 2 unspecified atom stereocenters. The van der Waals surface area contributed by atoms with Crippen LogP contribution in [0.5, 0.6) is 0 Å². The molecule has 2 atom stereocenters. The molecule has 0 saturated heterocycles. The van der Waals surface area contributed by atoms with Gasteiger partial charge in [-0.2, -0.15) is 11.8 Å². The van der Waals surface area contributed by atoms with Crippen molar-refractivity contribution in [1.29, 1.82) is 0 Å². The number of rotatable bonds is 7. The maximum absolute atomic E-state index is 11.6. The summed E-state index contributed by atoms with van der Waals surface area (Å²) in [6.45, 7) is 2.85. The molecule has 0 bridgehead atoms. The molecule has 2 rings (SSSR count). The van der Waals surface area contributed by atoms with E-state index in [1.54, 1.807) is 0 Å². The lowest BCUT2D eigenvalue weighted by Crippen LogP contribution is -2.50. The molecular formula is C16H23NO2S. The van der Waals surface area contributed by atoms with Crippen LogP contribution in [0.25, 0.3) is 0 Å². The third-order valence-electron chi connectivity index (χ3n) is 3.92. The molecule has 20 heavy (non-hydrogen) atoms. The van der Waals surface area contributed by atoms with E-state index in [4.69, 9.17) is 0 Å². The van der Waals surface area contributed by atoms with Gasteiger partial charge in [0.05, 0.1) is 0 Å². The van der Waals surface area contributed by atoms with E-state index >= 15 is 0 Å². The minimum atomic E-state index is -0.690. The molecule has 2 N–H and O–H groups in total. The first-order valence-electron chi connectivity index (χ1n) is 7.30. The van der Waals surface area contributed by atoms with Crippen LogP contribution >= 0.6 is 11.8 Å². The molecule has 1 aromatic carbocycles. The summed E-state index contributed by atoms with van der Waals surface area (Å²) in [4.78, 5) is 11.6. The minimum absolute atomic E-state index is 0.440. The monoisotopic (exact) mass is 293 g/mol. The molecule has 1 saturated carbocycles. The highest BCUT2D eigenvalue weighted by atomic mass is 32.2. The van der Waals surface area contributed by atoms with E-state index in [0.29, 0.717) is 5.25 Å². The molecule has 1 aliphatic rings. The fraction of sp³-hybridized carbons (Fsp3) is 0.562. The predicted molar refractivity (Wildman–Crippen MR) is 84.0 cm³/mol. The summed E-state index contributed by atoms with van der Waals surface area (Å²) in [5.41, 5.74) is 0.622. The number of hydrogen-bond donors (Lipinski definition) is 2. The van der Waals surface area contributed by atoms with Gasteiger partial charge in [0.1, 0.15) is 5.54 Å². The van der Waals surface area contributed by atoms with Crippen LogP contribution in [0.4, 0.5) is 0 Å². The van der Waals surface area contributed by atoms with E-state index in [-0.39, 0.29) is 0 Å². The summed E-state index contributed by atoms with van der Waals surface area (Å²) in [6, 6.07) is 10.4. The molecule has 110 valence electrons. The van der Waals surface area contributed by atoms with Crippen molar-refractivity contribution in [3.8, 4) is 0 Å².